The van der Waals surface area contributed by atoms with Crippen LogP contribution in [-0.4, -0.2) is 84.3 Å². The highest BCUT2D eigenvalue weighted by molar-refractivity contribution is 5.90. The van der Waals surface area contributed by atoms with Gasteiger partial charge in [0.15, 0.2) is 11.3 Å². The fraction of sp³-hybridized carbons (Fsp3) is 0.414. The van der Waals surface area contributed by atoms with Crippen LogP contribution in [0.2, 0.25) is 0 Å². The molecule has 0 saturated heterocycles. The molecule has 5 atom stereocenters. The number of nitro groups is 1. The summed E-state index contributed by atoms with van der Waals surface area (Å²) in [5.74, 6) is -1.58. The molecule has 0 aliphatic rings. The Morgan fingerprint density at radius 2 is 1.70 bits per heavy atom. The van der Waals surface area contributed by atoms with E-state index in [2.05, 4.69) is 32.9 Å². The van der Waals surface area contributed by atoms with Gasteiger partial charge in [0, 0.05) is 20.1 Å². The third-order valence-corrected chi connectivity index (χ3v) is 6.33. The first-order valence-electron chi connectivity index (χ1n) is 13.9. The van der Waals surface area contributed by atoms with Crippen molar-refractivity contribution < 1.29 is 34.3 Å². The predicted molar refractivity (Wildman–Crippen MR) is 162 cm³/mol. The number of carbonyl (C=O) groups excluding carboxylic acids is 2. The molecule has 0 heterocycles. The standard InChI is InChI=1S/C29H41N7O8/c1-3-17-44-19-24(34-25(37)21-13-8-5-9-14-21)27(39)33-23(18-20-11-6-4-7-12-20)26(38)32-22(28(40)43-2)15-10-16-31-29(30)35-36(41)42/h3-9,11-14,22-25,28,34,37,40H,1,10,15-19H2,2H3,(H,32,38)(H,33,39)(H3,30,31,35)/t22-,23+,24-,25?,28?/m0/s1. The van der Waals surface area contributed by atoms with E-state index in [1.54, 1.807) is 54.6 Å². The fourth-order valence-corrected chi connectivity index (χ4v) is 4.12. The van der Waals surface area contributed by atoms with Gasteiger partial charge >= 0.3 is 0 Å². The summed E-state index contributed by atoms with van der Waals surface area (Å²) >= 11 is 0. The molecule has 0 aromatic heterocycles. The highest BCUT2D eigenvalue weighted by Gasteiger charge is 2.30. The topological polar surface area (TPSA) is 223 Å². The number of hydrogen-bond donors (Lipinski definition) is 7. The van der Waals surface area contributed by atoms with Crippen LogP contribution in [0, 0.1) is 10.1 Å². The second-order valence-electron chi connectivity index (χ2n) is 9.64. The lowest BCUT2D eigenvalue weighted by atomic mass is 10.0. The molecule has 2 rings (SSSR count). The second-order valence-corrected chi connectivity index (χ2v) is 9.64. The third-order valence-electron chi connectivity index (χ3n) is 6.33. The molecule has 2 unspecified atom stereocenters. The number of hydrogen-bond acceptors (Lipinski definition) is 9. The van der Waals surface area contributed by atoms with Crippen molar-refractivity contribution in [1.29, 1.82) is 0 Å². The zero-order valence-corrected chi connectivity index (χ0v) is 24.5. The number of ether oxygens (including phenoxy) is 2. The Morgan fingerprint density at radius 3 is 2.32 bits per heavy atom. The molecule has 2 aromatic rings. The SMILES string of the molecule is C=CCOC[C@H](NC(O)c1ccccc1)C(=O)N[C@H](Cc1ccccc1)C(=O)N[C@@H](CCCN/C(N)=N/[N+](=O)[O-])C(O)OC. The molecule has 8 N–H and O–H groups in total. The van der Waals surface area contributed by atoms with Gasteiger partial charge in [0.25, 0.3) is 5.96 Å². The molecular formula is C29H41N7O8. The summed E-state index contributed by atoms with van der Waals surface area (Å²) in [5, 5.41) is 44.5. The maximum absolute atomic E-state index is 13.6. The van der Waals surface area contributed by atoms with E-state index in [1.807, 2.05) is 6.07 Å². The molecule has 0 bridgehead atoms. The van der Waals surface area contributed by atoms with Crippen LogP contribution in [0.1, 0.15) is 30.2 Å². The summed E-state index contributed by atoms with van der Waals surface area (Å²) in [6, 6.07) is 14.7. The number of guanidine groups is 1. The first-order valence-corrected chi connectivity index (χ1v) is 13.9. The van der Waals surface area contributed by atoms with E-state index in [-0.39, 0.29) is 38.6 Å². The van der Waals surface area contributed by atoms with Crippen molar-refractivity contribution in [1.82, 2.24) is 21.3 Å². The van der Waals surface area contributed by atoms with Crippen LogP contribution in [0.5, 0.6) is 0 Å². The number of benzene rings is 2. The Balaban J connectivity index is 2.19. The minimum Gasteiger partial charge on any atom is -0.375 e. The largest absolute Gasteiger partial charge is 0.375 e. The van der Waals surface area contributed by atoms with Gasteiger partial charge in [-0.25, -0.2) is 10.1 Å². The summed E-state index contributed by atoms with van der Waals surface area (Å²) in [5.41, 5.74) is 6.72. The molecule has 0 spiro atoms. The minimum absolute atomic E-state index is 0.116. The monoisotopic (exact) mass is 615 g/mol. The van der Waals surface area contributed by atoms with Gasteiger partial charge in [0.05, 0.1) is 19.3 Å². The molecule has 0 saturated carbocycles. The maximum atomic E-state index is 13.6. The fourth-order valence-electron chi connectivity index (χ4n) is 4.12. The summed E-state index contributed by atoms with van der Waals surface area (Å²) in [6.07, 6.45) is -0.438. The predicted octanol–water partition coefficient (Wildman–Crippen LogP) is -0.108. The lowest BCUT2D eigenvalue weighted by Crippen LogP contribution is -2.57. The maximum Gasteiger partial charge on any atom is 0.266 e. The van der Waals surface area contributed by atoms with E-state index in [1.165, 1.54) is 13.2 Å². The number of methoxy groups -OCH3 is 1. The number of aliphatic hydroxyl groups excluding tert-OH is 2. The number of nitrogens with zero attached hydrogens (tertiary/aromatic N) is 2. The Bertz CT molecular complexity index is 1200. The van der Waals surface area contributed by atoms with Gasteiger partial charge in [-0.15, -0.1) is 6.58 Å². The Kier molecular flexibility index (Phi) is 16.0. The van der Waals surface area contributed by atoms with E-state index in [0.29, 0.717) is 12.0 Å². The number of aliphatic hydroxyl groups is 2. The average molecular weight is 616 g/mol. The molecule has 44 heavy (non-hydrogen) atoms. The van der Waals surface area contributed by atoms with E-state index >= 15 is 0 Å². The lowest BCUT2D eigenvalue weighted by molar-refractivity contribution is -0.485. The van der Waals surface area contributed by atoms with Gasteiger partial charge in [-0.3, -0.25) is 14.9 Å². The van der Waals surface area contributed by atoms with Gasteiger partial charge < -0.3 is 41.4 Å². The first kappa shape index (κ1) is 35.8. The van der Waals surface area contributed by atoms with Crippen molar-refractivity contribution in [2.24, 2.45) is 10.8 Å². The molecule has 2 amide bonds. The Labute approximate surface area is 255 Å². The summed E-state index contributed by atoms with van der Waals surface area (Å²) in [6.45, 7) is 3.81. The number of nitrogens with two attached hydrogens (primary N) is 1. The van der Waals surface area contributed by atoms with E-state index < -0.39 is 47.5 Å². The second kappa shape index (κ2) is 19.7. The smallest absolute Gasteiger partial charge is 0.266 e. The van der Waals surface area contributed by atoms with Gasteiger partial charge in [-0.1, -0.05) is 66.7 Å². The molecule has 15 nitrogen and oxygen atoms in total. The van der Waals surface area contributed by atoms with Gasteiger partial charge in [0.1, 0.15) is 23.4 Å². The van der Waals surface area contributed by atoms with Crippen molar-refractivity contribution in [3.8, 4) is 0 Å². The van der Waals surface area contributed by atoms with Crippen LogP contribution < -0.4 is 27.0 Å². The van der Waals surface area contributed by atoms with Gasteiger partial charge in [0.2, 0.25) is 11.8 Å². The number of rotatable bonds is 20. The van der Waals surface area contributed by atoms with E-state index in [4.69, 9.17) is 15.2 Å². The highest BCUT2D eigenvalue weighted by Crippen LogP contribution is 2.12. The summed E-state index contributed by atoms with van der Waals surface area (Å²) in [4.78, 5) is 37.5. The number of hydrazone groups is 1. The van der Waals surface area contributed by atoms with Crippen LogP contribution in [0.3, 0.4) is 0 Å². The van der Waals surface area contributed by atoms with Crippen LogP contribution in [0.4, 0.5) is 0 Å². The normalized spacial score (nSPS) is 14.8. The highest BCUT2D eigenvalue weighted by atomic mass is 16.7. The zero-order chi connectivity index (χ0) is 32.3. The van der Waals surface area contributed by atoms with E-state index in [0.717, 1.165) is 5.56 Å². The Morgan fingerprint density at radius 1 is 1.07 bits per heavy atom. The van der Waals surface area contributed by atoms with Crippen molar-refractivity contribution in [2.45, 2.75) is 49.9 Å². The molecule has 240 valence electrons. The van der Waals surface area contributed by atoms with Crippen molar-refractivity contribution in [2.75, 3.05) is 26.9 Å². The molecule has 0 aliphatic heterocycles. The van der Waals surface area contributed by atoms with Crippen molar-refractivity contribution in [3.05, 3.63) is 94.6 Å². The molecule has 0 radical (unpaired) electrons. The molecule has 0 aliphatic carbocycles. The quantitative estimate of drug-likeness (QED) is 0.0198. The van der Waals surface area contributed by atoms with E-state index in [9.17, 15) is 29.9 Å². The zero-order valence-electron chi connectivity index (χ0n) is 24.5. The minimum atomic E-state index is -1.39. The van der Waals surface area contributed by atoms with Crippen LogP contribution in [0.15, 0.2) is 78.4 Å². The van der Waals surface area contributed by atoms with Crippen molar-refractivity contribution >= 4 is 17.8 Å². The van der Waals surface area contributed by atoms with Gasteiger partial charge in [-0.2, -0.15) is 0 Å². The number of carbonyl (C=O) groups is 2. The number of amides is 2. The summed E-state index contributed by atoms with van der Waals surface area (Å²) in [7, 11) is 1.27. The first-order chi connectivity index (χ1) is 21.1. The molecular weight excluding hydrogens is 574 g/mol. The van der Waals surface area contributed by atoms with Crippen LogP contribution >= 0.6 is 0 Å². The van der Waals surface area contributed by atoms with Crippen LogP contribution in [0.25, 0.3) is 0 Å². The number of nitrogens with one attached hydrogen (secondary N) is 4. The molecule has 15 heteroatoms. The third kappa shape index (κ3) is 13.3. The Hall–Kier alpha value is -4.41. The summed E-state index contributed by atoms with van der Waals surface area (Å²) < 4.78 is 10.5. The van der Waals surface area contributed by atoms with Crippen molar-refractivity contribution in [3.63, 3.8) is 0 Å². The average Bonchev–Trinajstić information content (AvgIpc) is 3.01. The lowest BCUT2D eigenvalue weighted by Gasteiger charge is -2.28. The van der Waals surface area contributed by atoms with Crippen LogP contribution in [-0.2, 0) is 25.5 Å². The van der Waals surface area contributed by atoms with Gasteiger partial charge in [-0.05, 0) is 24.0 Å². The molecule has 2 aromatic carbocycles. The molecule has 0 fully saturated rings.